The van der Waals surface area contributed by atoms with Crippen molar-refractivity contribution in [1.82, 2.24) is 0 Å². The molecule has 0 aromatic heterocycles. The second-order valence-corrected chi connectivity index (χ2v) is 9.67. The maximum atomic E-state index is 11.5. The molecular formula is C20H34O. The van der Waals surface area contributed by atoms with Gasteiger partial charge in [-0.15, -0.1) is 6.58 Å². The molecule has 1 heteroatoms. The molecule has 3 saturated carbocycles. The molecule has 0 unspecified atom stereocenters. The molecule has 0 heterocycles. The van der Waals surface area contributed by atoms with Gasteiger partial charge in [-0.05, 0) is 73.0 Å². The predicted molar refractivity (Wildman–Crippen MR) is 89.1 cm³/mol. The first-order valence-electron chi connectivity index (χ1n) is 9.01. The Balaban J connectivity index is 1.94. The fraction of sp³-hybridized carbons (Fsp3) is 0.900. The van der Waals surface area contributed by atoms with Gasteiger partial charge < -0.3 is 5.11 Å². The fourth-order valence-corrected chi connectivity index (χ4v) is 6.73. The highest BCUT2D eigenvalue weighted by molar-refractivity contribution is 5.13. The summed E-state index contributed by atoms with van der Waals surface area (Å²) in [5, 5.41) is 11.5. The summed E-state index contributed by atoms with van der Waals surface area (Å²) in [5.41, 5.74) is 0.489. The molecule has 0 aromatic rings. The van der Waals surface area contributed by atoms with Crippen molar-refractivity contribution in [3.8, 4) is 0 Å². The van der Waals surface area contributed by atoms with E-state index in [-0.39, 0.29) is 5.41 Å². The summed E-state index contributed by atoms with van der Waals surface area (Å²) in [5.74, 6) is 1.29. The Morgan fingerprint density at radius 3 is 2.29 bits per heavy atom. The van der Waals surface area contributed by atoms with Crippen molar-refractivity contribution in [3.05, 3.63) is 12.7 Å². The zero-order valence-electron chi connectivity index (χ0n) is 14.5. The van der Waals surface area contributed by atoms with Gasteiger partial charge in [0.2, 0.25) is 0 Å². The maximum Gasteiger partial charge on any atom is 0.0689 e. The van der Waals surface area contributed by atoms with Crippen molar-refractivity contribution in [1.29, 1.82) is 0 Å². The standard InChI is InChI=1S/C20H34O/c1-6-18(4)12-8-16-19(5)11-7-10-17(2,3)15(19)9-13-20(16,21)14-18/h6,15-16,21H,1,7-14H2,2-5H3/t15-,16+,18-,19+,20-/m1/s1. The van der Waals surface area contributed by atoms with Crippen LogP contribution in [0, 0.1) is 28.1 Å². The van der Waals surface area contributed by atoms with Gasteiger partial charge in [0.25, 0.3) is 0 Å². The lowest BCUT2D eigenvalue weighted by atomic mass is 9.42. The van der Waals surface area contributed by atoms with Crippen LogP contribution < -0.4 is 0 Å². The second-order valence-electron chi connectivity index (χ2n) is 9.67. The molecule has 3 rings (SSSR count). The molecule has 0 aromatic carbocycles. The van der Waals surface area contributed by atoms with Crippen LogP contribution in [0.2, 0.25) is 0 Å². The molecule has 0 saturated heterocycles. The lowest BCUT2D eigenvalue weighted by Gasteiger charge is -2.64. The van der Waals surface area contributed by atoms with Gasteiger partial charge in [-0.2, -0.15) is 0 Å². The zero-order valence-corrected chi connectivity index (χ0v) is 14.5. The average molecular weight is 290 g/mol. The van der Waals surface area contributed by atoms with Crippen molar-refractivity contribution in [2.24, 2.45) is 28.1 Å². The fourth-order valence-electron chi connectivity index (χ4n) is 6.73. The summed E-state index contributed by atoms with van der Waals surface area (Å²) in [6.45, 7) is 13.8. The van der Waals surface area contributed by atoms with Crippen LogP contribution in [0.4, 0.5) is 0 Å². The number of rotatable bonds is 1. The number of aliphatic hydroxyl groups is 1. The van der Waals surface area contributed by atoms with Crippen molar-refractivity contribution in [2.45, 2.75) is 84.7 Å². The molecule has 0 amide bonds. The van der Waals surface area contributed by atoms with E-state index in [1.165, 1.54) is 38.5 Å². The predicted octanol–water partition coefficient (Wildman–Crippen LogP) is 5.34. The number of hydrogen-bond acceptors (Lipinski definition) is 1. The van der Waals surface area contributed by atoms with Gasteiger partial charge in [-0.1, -0.05) is 40.2 Å². The highest BCUT2D eigenvalue weighted by Crippen LogP contribution is 2.66. The molecule has 0 bridgehead atoms. The van der Waals surface area contributed by atoms with Gasteiger partial charge in [0.1, 0.15) is 0 Å². The minimum atomic E-state index is -0.445. The lowest BCUT2D eigenvalue weighted by Crippen LogP contribution is -2.61. The molecule has 0 spiro atoms. The highest BCUT2D eigenvalue weighted by Gasteiger charge is 2.61. The van der Waals surface area contributed by atoms with Crippen LogP contribution in [0.5, 0.6) is 0 Å². The third kappa shape index (κ3) is 2.22. The number of fused-ring (bicyclic) bond motifs is 3. The van der Waals surface area contributed by atoms with Gasteiger partial charge in [-0.25, -0.2) is 0 Å². The number of hydrogen-bond donors (Lipinski definition) is 1. The molecule has 3 aliphatic rings. The summed E-state index contributed by atoms with van der Waals surface area (Å²) in [4.78, 5) is 0. The molecule has 0 aliphatic heterocycles. The van der Waals surface area contributed by atoms with E-state index < -0.39 is 5.60 Å². The molecular weight excluding hydrogens is 256 g/mol. The third-order valence-corrected chi connectivity index (χ3v) is 7.79. The van der Waals surface area contributed by atoms with E-state index in [2.05, 4.69) is 40.3 Å². The van der Waals surface area contributed by atoms with Crippen molar-refractivity contribution in [3.63, 3.8) is 0 Å². The van der Waals surface area contributed by atoms with E-state index in [1.807, 2.05) is 0 Å². The smallest absolute Gasteiger partial charge is 0.0689 e. The zero-order chi connectivity index (χ0) is 15.5. The normalized spacial score (nSPS) is 52.6. The van der Waals surface area contributed by atoms with Crippen LogP contribution in [-0.4, -0.2) is 10.7 Å². The largest absolute Gasteiger partial charge is 0.390 e. The maximum absolute atomic E-state index is 11.5. The van der Waals surface area contributed by atoms with Crippen molar-refractivity contribution in [2.75, 3.05) is 0 Å². The Morgan fingerprint density at radius 1 is 0.952 bits per heavy atom. The van der Waals surface area contributed by atoms with Crippen LogP contribution >= 0.6 is 0 Å². The van der Waals surface area contributed by atoms with Crippen LogP contribution in [0.3, 0.4) is 0 Å². The summed E-state index contributed by atoms with van der Waals surface area (Å²) in [7, 11) is 0. The van der Waals surface area contributed by atoms with E-state index in [9.17, 15) is 5.11 Å². The lowest BCUT2D eigenvalue weighted by molar-refractivity contribution is -0.202. The van der Waals surface area contributed by atoms with E-state index in [0.29, 0.717) is 16.7 Å². The molecule has 0 radical (unpaired) electrons. The third-order valence-electron chi connectivity index (χ3n) is 7.79. The Morgan fingerprint density at radius 2 is 1.62 bits per heavy atom. The minimum Gasteiger partial charge on any atom is -0.390 e. The molecule has 120 valence electrons. The Kier molecular flexibility index (Phi) is 3.41. The van der Waals surface area contributed by atoms with Crippen LogP contribution in [0.15, 0.2) is 12.7 Å². The number of allylic oxidation sites excluding steroid dienone is 1. The first-order chi connectivity index (χ1) is 9.65. The highest BCUT2D eigenvalue weighted by atomic mass is 16.3. The van der Waals surface area contributed by atoms with Crippen molar-refractivity contribution < 1.29 is 5.11 Å². The molecule has 21 heavy (non-hydrogen) atoms. The second kappa shape index (κ2) is 4.60. The molecule has 3 aliphatic carbocycles. The molecule has 3 fully saturated rings. The molecule has 5 atom stereocenters. The minimum absolute atomic E-state index is 0.138. The molecule has 1 N–H and O–H groups in total. The first kappa shape index (κ1) is 15.6. The van der Waals surface area contributed by atoms with E-state index in [1.54, 1.807) is 0 Å². The summed E-state index contributed by atoms with van der Waals surface area (Å²) >= 11 is 0. The monoisotopic (exact) mass is 290 g/mol. The summed E-state index contributed by atoms with van der Waals surface area (Å²) in [6, 6.07) is 0. The van der Waals surface area contributed by atoms with Gasteiger partial charge in [-0.3, -0.25) is 0 Å². The van der Waals surface area contributed by atoms with Crippen LogP contribution in [0.1, 0.15) is 79.1 Å². The quantitative estimate of drug-likeness (QED) is 0.647. The Labute approximate surface area is 131 Å². The van der Waals surface area contributed by atoms with E-state index in [4.69, 9.17) is 0 Å². The van der Waals surface area contributed by atoms with Crippen molar-refractivity contribution >= 4 is 0 Å². The van der Waals surface area contributed by atoms with Gasteiger partial charge in [0.05, 0.1) is 5.60 Å². The van der Waals surface area contributed by atoms with E-state index in [0.717, 1.165) is 18.8 Å². The first-order valence-corrected chi connectivity index (χ1v) is 9.01. The van der Waals surface area contributed by atoms with Gasteiger partial charge in [0, 0.05) is 0 Å². The van der Waals surface area contributed by atoms with Crippen LogP contribution in [-0.2, 0) is 0 Å². The molecule has 1 nitrogen and oxygen atoms in total. The summed E-state index contributed by atoms with van der Waals surface area (Å²) in [6.07, 6.45) is 11.6. The SMILES string of the molecule is C=C[C@]1(C)CC[C@@H]2[C@@](O)(CC[C@@H]3C(C)(C)CCC[C@@]32C)C1. The summed E-state index contributed by atoms with van der Waals surface area (Å²) < 4.78 is 0. The van der Waals surface area contributed by atoms with E-state index >= 15 is 0 Å². The average Bonchev–Trinajstić information content (AvgIpc) is 2.36. The Bertz CT molecular complexity index is 439. The van der Waals surface area contributed by atoms with Gasteiger partial charge in [0.15, 0.2) is 0 Å². The van der Waals surface area contributed by atoms with Gasteiger partial charge >= 0.3 is 0 Å². The van der Waals surface area contributed by atoms with Crippen LogP contribution in [0.25, 0.3) is 0 Å². The Hall–Kier alpha value is -0.300. The topological polar surface area (TPSA) is 20.2 Å².